The van der Waals surface area contributed by atoms with Crippen LogP contribution < -0.4 is 10.5 Å². The zero-order valence-electron chi connectivity index (χ0n) is 18.9. The first-order chi connectivity index (χ1) is 16.0. The van der Waals surface area contributed by atoms with Crippen molar-refractivity contribution in [1.29, 1.82) is 0 Å². The topological polar surface area (TPSA) is 66.9 Å². The molecular formula is C26H28N5O2. The second-order valence-electron chi connectivity index (χ2n) is 8.96. The molecule has 0 amide bonds. The fourth-order valence-corrected chi connectivity index (χ4v) is 4.64. The minimum Gasteiger partial charge on any atom is -0.453 e. The molecule has 0 unspecified atom stereocenters. The van der Waals surface area contributed by atoms with Crippen molar-refractivity contribution in [3.05, 3.63) is 76.3 Å². The lowest BCUT2D eigenvalue weighted by molar-refractivity contribution is 0.262. The van der Waals surface area contributed by atoms with E-state index in [-0.39, 0.29) is 6.99 Å². The highest BCUT2D eigenvalue weighted by Crippen LogP contribution is 2.29. The Hall–Kier alpha value is -3.45. The van der Waals surface area contributed by atoms with Crippen LogP contribution in [0.3, 0.4) is 0 Å². The van der Waals surface area contributed by atoms with Gasteiger partial charge in [-0.1, -0.05) is 11.6 Å². The Labute approximate surface area is 193 Å². The SMILES string of the molecule is Cc1cc2cc(-c3cc(=O)n4cc(N5CCN(CCC6=C[CH]6)CC5)ccc4n3)oc2c(C)n1.[HH]. The van der Waals surface area contributed by atoms with Crippen LogP contribution in [-0.4, -0.2) is 52.0 Å². The predicted molar refractivity (Wildman–Crippen MR) is 132 cm³/mol. The summed E-state index contributed by atoms with van der Waals surface area (Å²) in [6.07, 6.45) is 7.44. The van der Waals surface area contributed by atoms with Crippen LogP contribution in [0.1, 0.15) is 19.2 Å². The molecule has 0 saturated carbocycles. The van der Waals surface area contributed by atoms with Gasteiger partial charge < -0.3 is 9.32 Å². The molecule has 0 aromatic carbocycles. The molecule has 169 valence electrons. The number of aryl methyl sites for hydroxylation is 2. The number of allylic oxidation sites excluding steroid dienone is 1. The Morgan fingerprint density at radius 1 is 1.06 bits per heavy atom. The largest absolute Gasteiger partial charge is 0.453 e. The molecule has 1 aliphatic heterocycles. The first-order valence-corrected chi connectivity index (χ1v) is 11.5. The first-order valence-electron chi connectivity index (χ1n) is 11.5. The summed E-state index contributed by atoms with van der Waals surface area (Å²) in [5.74, 6) is 0.583. The molecule has 2 aliphatic rings. The van der Waals surface area contributed by atoms with Crippen molar-refractivity contribution in [3.8, 4) is 11.5 Å². The lowest BCUT2D eigenvalue weighted by Gasteiger charge is -2.36. The number of aromatic nitrogens is 3. The summed E-state index contributed by atoms with van der Waals surface area (Å²) in [6.45, 7) is 9.00. The fourth-order valence-electron chi connectivity index (χ4n) is 4.64. The monoisotopic (exact) mass is 442 g/mol. The number of piperazine rings is 1. The first kappa shape index (κ1) is 20.2. The van der Waals surface area contributed by atoms with E-state index in [0.717, 1.165) is 67.2 Å². The van der Waals surface area contributed by atoms with Crippen LogP contribution in [0.5, 0.6) is 0 Å². The van der Waals surface area contributed by atoms with Crippen molar-refractivity contribution in [2.24, 2.45) is 0 Å². The van der Waals surface area contributed by atoms with Crippen molar-refractivity contribution >= 4 is 22.3 Å². The third kappa shape index (κ3) is 3.93. The van der Waals surface area contributed by atoms with Gasteiger partial charge in [0.05, 0.1) is 11.4 Å². The summed E-state index contributed by atoms with van der Waals surface area (Å²) in [5, 5.41) is 0.971. The van der Waals surface area contributed by atoms with Crippen LogP contribution in [-0.2, 0) is 0 Å². The standard InChI is InChI=1S/C26H26N5O2.H2/c1-17-13-20-14-23(33-26(20)18(2)27-17)22-15-25(32)31-16-21(5-6-24(31)28-22)30-11-9-29(10-12-30)8-7-19-3-4-19;/h3-6,13-16H,7-12H2,1-2H3;1H. The van der Waals surface area contributed by atoms with Gasteiger partial charge in [0.25, 0.3) is 5.56 Å². The Morgan fingerprint density at radius 3 is 2.67 bits per heavy atom. The molecular weight excluding hydrogens is 414 g/mol. The van der Waals surface area contributed by atoms with Crippen molar-refractivity contribution in [2.45, 2.75) is 20.3 Å². The van der Waals surface area contributed by atoms with Gasteiger partial charge >= 0.3 is 0 Å². The zero-order chi connectivity index (χ0) is 22.5. The Balaban J connectivity index is 0.00000241. The molecule has 6 rings (SSSR count). The number of nitrogens with zero attached hydrogens (tertiary/aromatic N) is 5. The summed E-state index contributed by atoms with van der Waals surface area (Å²) in [4.78, 5) is 27.0. The van der Waals surface area contributed by atoms with Gasteiger partial charge in [0.1, 0.15) is 11.3 Å². The number of anilines is 1. The third-order valence-electron chi connectivity index (χ3n) is 6.55. The molecule has 1 radical (unpaired) electrons. The number of fused-ring (bicyclic) bond motifs is 2. The Kier molecular flexibility index (Phi) is 4.80. The summed E-state index contributed by atoms with van der Waals surface area (Å²) >= 11 is 0. The molecule has 0 bridgehead atoms. The highest BCUT2D eigenvalue weighted by molar-refractivity contribution is 5.84. The second-order valence-corrected chi connectivity index (χ2v) is 8.96. The molecule has 0 N–H and O–H groups in total. The van der Waals surface area contributed by atoms with Gasteiger partial charge in [-0.3, -0.25) is 19.1 Å². The maximum Gasteiger partial charge on any atom is 0.258 e. The molecule has 4 aromatic rings. The maximum atomic E-state index is 13.0. The molecule has 7 heteroatoms. The van der Waals surface area contributed by atoms with Crippen LogP contribution in [0, 0.1) is 20.3 Å². The smallest absolute Gasteiger partial charge is 0.258 e. The minimum atomic E-state index is -0.115. The fraction of sp³-hybridized carbons (Fsp3) is 0.308. The van der Waals surface area contributed by atoms with E-state index in [4.69, 9.17) is 9.40 Å². The van der Waals surface area contributed by atoms with Crippen LogP contribution in [0.4, 0.5) is 5.69 Å². The van der Waals surface area contributed by atoms with Gasteiger partial charge in [-0.2, -0.15) is 0 Å². The van der Waals surface area contributed by atoms with Crippen LogP contribution >= 0.6 is 0 Å². The normalized spacial score (nSPS) is 16.5. The molecule has 1 fully saturated rings. The second kappa shape index (κ2) is 7.85. The van der Waals surface area contributed by atoms with E-state index in [1.54, 1.807) is 10.5 Å². The average Bonchev–Trinajstić information content (AvgIpc) is 3.54. The molecule has 0 atom stereocenters. The maximum absolute atomic E-state index is 13.0. The van der Waals surface area contributed by atoms with E-state index in [0.29, 0.717) is 17.1 Å². The third-order valence-corrected chi connectivity index (χ3v) is 6.55. The number of pyridine rings is 2. The lowest BCUT2D eigenvalue weighted by Crippen LogP contribution is -2.46. The molecule has 0 spiro atoms. The predicted octanol–water partition coefficient (Wildman–Crippen LogP) is 4.02. The van der Waals surface area contributed by atoms with Gasteiger partial charge in [0.15, 0.2) is 11.3 Å². The van der Waals surface area contributed by atoms with Gasteiger partial charge in [0, 0.05) is 63.9 Å². The average molecular weight is 443 g/mol. The van der Waals surface area contributed by atoms with Crippen LogP contribution in [0.25, 0.3) is 28.1 Å². The lowest BCUT2D eigenvalue weighted by atomic mass is 10.2. The van der Waals surface area contributed by atoms with E-state index >= 15 is 0 Å². The summed E-state index contributed by atoms with van der Waals surface area (Å²) < 4.78 is 7.64. The number of furan rings is 1. The zero-order valence-corrected chi connectivity index (χ0v) is 18.9. The molecule has 5 heterocycles. The van der Waals surface area contributed by atoms with Gasteiger partial charge in [0.2, 0.25) is 0 Å². The van der Waals surface area contributed by atoms with Gasteiger partial charge in [-0.25, -0.2) is 4.98 Å². The number of hydrogen-bond donors (Lipinski definition) is 0. The van der Waals surface area contributed by atoms with E-state index in [9.17, 15) is 4.79 Å². The van der Waals surface area contributed by atoms with Gasteiger partial charge in [-0.05, 0) is 44.5 Å². The molecule has 7 nitrogen and oxygen atoms in total. The molecule has 33 heavy (non-hydrogen) atoms. The molecule has 1 saturated heterocycles. The summed E-state index contributed by atoms with van der Waals surface area (Å²) in [6, 6.07) is 9.44. The minimum absolute atomic E-state index is 0. The van der Waals surface area contributed by atoms with E-state index in [2.05, 4.69) is 33.3 Å². The summed E-state index contributed by atoms with van der Waals surface area (Å²) in [5.41, 5.74) is 6.07. The van der Waals surface area contributed by atoms with Crippen molar-refractivity contribution in [2.75, 3.05) is 37.6 Å². The van der Waals surface area contributed by atoms with Crippen LogP contribution in [0.15, 0.2) is 57.4 Å². The van der Waals surface area contributed by atoms with Crippen molar-refractivity contribution in [1.82, 2.24) is 19.3 Å². The quantitative estimate of drug-likeness (QED) is 0.465. The number of rotatable bonds is 5. The van der Waals surface area contributed by atoms with Gasteiger partial charge in [-0.15, -0.1) is 0 Å². The highest BCUT2D eigenvalue weighted by Gasteiger charge is 2.19. The Bertz CT molecular complexity index is 1460. The van der Waals surface area contributed by atoms with Crippen molar-refractivity contribution < 1.29 is 5.84 Å². The molecule has 4 aromatic heterocycles. The number of hydrogen-bond acceptors (Lipinski definition) is 6. The molecule has 1 aliphatic carbocycles. The van der Waals surface area contributed by atoms with E-state index in [1.165, 1.54) is 5.57 Å². The Morgan fingerprint density at radius 2 is 1.88 bits per heavy atom. The summed E-state index contributed by atoms with van der Waals surface area (Å²) in [7, 11) is 0. The van der Waals surface area contributed by atoms with Crippen LogP contribution in [0.2, 0.25) is 0 Å². The van der Waals surface area contributed by atoms with E-state index in [1.807, 2.05) is 38.2 Å². The van der Waals surface area contributed by atoms with E-state index < -0.39 is 0 Å². The van der Waals surface area contributed by atoms with Crippen molar-refractivity contribution in [3.63, 3.8) is 0 Å². The highest BCUT2D eigenvalue weighted by atomic mass is 16.3.